The van der Waals surface area contributed by atoms with Gasteiger partial charge >= 0.3 is 0 Å². The second kappa shape index (κ2) is 7.93. The van der Waals surface area contributed by atoms with Crippen LogP contribution in [0.5, 0.6) is 0 Å². The molecule has 0 unspecified atom stereocenters. The third kappa shape index (κ3) is 4.32. The molecule has 0 radical (unpaired) electrons. The molecule has 1 saturated heterocycles. The smallest absolute Gasteiger partial charge is 0.224 e. The summed E-state index contributed by atoms with van der Waals surface area (Å²) in [6, 6.07) is 14.5. The van der Waals surface area contributed by atoms with Crippen LogP contribution in [-0.2, 0) is 11.3 Å². The number of carbonyl (C=O) groups is 1. The highest BCUT2D eigenvalue weighted by atomic mass is 16.1. The lowest BCUT2D eigenvalue weighted by molar-refractivity contribution is -0.115. The number of anilines is 2. The summed E-state index contributed by atoms with van der Waals surface area (Å²) in [5.74, 6) is 0.989. The minimum atomic E-state index is 0.0130. The van der Waals surface area contributed by atoms with Crippen molar-refractivity contribution in [2.45, 2.75) is 19.9 Å². The number of aromatic nitrogens is 1. The first-order chi connectivity index (χ1) is 11.7. The molecule has 0 atom stereocenters. The molecule has 1 aliphatic heterocycles. The van der Waals surface area contributed by atoms with E-state index in [9.17, 15) is 4.79 Å². The van der Waals surface area contributed by atoms with Crippen molar-refractivity contribution in [1.82, 2.24) is 9.88 Å². The largest absolute Gasteiger partial charge is 0.354 e. The third-order valence-electron chi connectivity index (χ3n) is 4.30. The van der Waals surface area contributed by atoms with Crippen LogP contribution in [0.2, 0.25) is 0 Å². The van der Waals surface area contributed by atoms with Crippen molar-refractivity contribution in [1.29, 1.82) is 0 Å². The van der Waals surface area contributed by atoms with Crippen LogP contribution in [0, 0.1) is 0 Å². The summed E-state index contributed by atoms with van der Waals surface area (Å²) in [5, 5.41) is 2.83. The summed E-state index contributed by atoms with van der Waals surface area (Å²) in [5.41, 5.74) is 2.12. The van der Waals surface area contributed by atoms with Crippen molar-refractivity contribution in [3.05, 3.63) is 54.2 Å². The first kappa shape index (κ1) is 16.5. The number of hydrogen-bond donors (Lipinski definition) is 1. The van der Waals surface area contributed by atoms with Gasteiger partial charge in [0.15, 0.2) is 0 Å². The molecule has 0 aliphatic carbocycles. The molecule has 0 spiro atoms. The zero-order valence-corrected chi connectivity index (χ0v) is 14.1. The second-order valence-electron chi connectivity index (χ2n) is 6.06. The van der Waals surface area contributed by atoms with Crippen LogP contribution in [-0.4, -0.2) is 42.0 Å². The maximum Gasteiger partial charge on any atom is 0.224 e. The Morgan fingerprint density at radius 2 is 1.83 bits per heavy atom. The van der Waals surface area contributed by atoms with Gasteiger partial charge < -0.3 is 10.2 Å². The van der Waals surface area contributed by atoms with E-state index in [2.05, 4.69) is 50.4 Å². The summed E-state index contributed by atoms with van der Waals surface area (Å²) < 4.78 is 0. The molecule has 2 aromatic rings. The fourth-order valence-electron chi connectivity index (χ4n) is 2.87. The number of nitrogens with one attached hydrogen (secondary N) is 1. The molecular formula is C19H24N4O. The Balaban J connectivity index is 1.52. The van der Waals surface area contributed by atoms with Gasteiger partial charge in [0.05, 0.1) is 11.9 Å². The van der Waals surface area contributed by atoms with Gasteiger partial charge in [0.25, 0.3) is 0 Å². The van der Waals surface area contributed by atoms with Crippen LogP contribution in [0.3, 0.4) is 0 Å². The van der Waals surface area contributed by atoms with E-state index in [4.69, 9.17) is 0 Å². The van der Waals surface area contributed by atoms with Crippen LogP contribution in [0.1, 0.15) is 18.9 Å². The van der Waals surface area contributed by atoms with Crippen LogP contribution in [0.4, 0.5) is 11.5 Å². The van der Waals surface area contributed by atoms with Crippen molar-refractivity contribution in [2.75, 3.05) is 36.4 Å². The van der Waals surface area contributed by atoms with Gasteiger partial charge in [-0.2, -0.15) is 0 Å². The molecule has 1 aliphatic rings. The van der Waals surface area contributed by atoms with Gasteiger partial charge in [-0.05, 0) is 17.7 Å². The molecule has 0 saturated carbocycles. The highest BCUT2D eigenvalue weighted by Gasteiger charge is 2.18. The molecule has 126 valence electrons. The van der Waals surface area contributed by atoms with Crippen molar-refractivity contribution in [2.24, 2.45) is 0 Å². The molecule has 3 rings (SSSR count). The average Bonchev–Trinajstić information content (AvgIpc) is 2.64. The maximum atomic E-state index is 11.4. The monoisotopic (exact) mass is 324 g/mol. The van der Waals surface area contributed by atoms with E-state index in [0.29, 0.717) is 6.42 Å². The molecular weight excluding hydrogens is 300 g/mol. The summed E-state index contributed by atoms with van der Waals surface area (Å²) in [4.78, 5) is 20.7. The number of amides is 1. The van der Waals surface area contributed by atoms with Gasteiger partial charge in [-0.1, -0.05) is 37.3 Å². The van der Waals surface area contributed by atoms with Crippen molar-refractivity contribution < 1.29 is 4.79 Å². The van der Waals surface area contributed by atoms with Crippen LogP contribution in [0.15, 0.2) is 48.7 Å². The number of pyridine rings is 1. The van der Waals surface area contributed by atoms with Gasteiger partial charge in [0.1, 0.15) is 5.82 Å². The Bertz CT molecular complexity index is 649. The van der Waals surface area contributed by atoms with Crippen LogP contribution in [0.25, 0.3) is 0 Å². The Morgan fingerprint density at radius 3 is 2.46 bits per heavy atom. The Hall–Kier alpha value is -2.40. The van der Waals surface area contributed by atoms with Gasteiger partial charge in [-0.3, -0.25) is 9.69 Å². The topological polar surface area (TPSA) is 48.5 Å². The SMILES string of the molecule is CCC(=O)Nc1ccc(N2CCN(Cc3ccccc3)CC2)nc1. The molecule has 5 heteroatoms. The van der Waals surface area contributed by atoms with Crippen molar-refractivity contribution in [3.63, 3.8) is 0 Å². The highest BCUT2D eigenvalue weighted by Crippen LogP contribution is 2.17. The highest BCUT2D eigenvalue weighted by molar-refractivity contribution is 5.90. The number of rotatable bonds is 5. The van der Waals surface area contributed by atoms with Gasteiger partial charge in [0.2, 0.25) is 5.91 Å². The quantitative estimate of drug-likeness (QED) is 0.919. The number of piperazine rings is 1. The molecule has 24 heavy (non-hydrogen) atoms. The number of benzene rings is 1. The van der Waals surface area contributed by atoms with Gasteiger partial charge in [-0.15, -0.1) is 0 Å². The maximum absolute atomic E-state index is 11.4. The lowest BCUT2D eigenvalue weighted by atomic mass is 10.2. The molecule has 1 amide bonds. The van der Waals surface area contributed by atoms with Crippen LogP contribution >= 0.6 is 0 Å². The zero-order chi connectivity index (χ0) is 16.8. The van der Waals surface area contributed by atoms with E-state index >= 15 is 0 Å². The Labute approximate surface area is 143 Å². The van der Waals surface area contributed by atoms with E-state index in [1.807, 2.05) is 19.1 Å². The summed E-state index contributed by atoms with van der Waals surface area (Å²) >= 11 is 0. The Morgan fingerprint density at radius 1 is 1.08 bits per heavy atom. The molecule has 1 fully saturated rings. The van der Waals surface area contributed by atoms with E-state index in [1.54, 1.807) is 6.20 Å². The number of carbonyl (C=O) groups excluding carboxylic acids is 1. The molecule has 1 aromatic heterocycles. The van der Waals surface area contributed by atoms with Crippen molar-refractivity contribution in [3.8, 4) is 0 Å². The Kier molecular flexibility index (Phi) is 5.43. The van der Waals surface area contributed by atoms with Crippen molar-refractivity contribution >= 4 is 17.4 Å². The molecule has 1 N–H and O–H groups in total. The fourth-order valence-corrected chi connectivity index (χ4v) is 2.87. The molecule has 0 bridgehead atoms. The second-order valence-corrected chi connectivity index (χ2v) is 6.06. The third-order valence-corrected chi connectivity index (χ3v) is 4.30. The minimum absolute atomic E-state index is 0.0130. The number of hydrogen-bond acceptors (Lipinski definition) is 4. The predicted molar refractivity (Wildman–Crippen MR) is 97.1 cm³/mol. The van der Waals surface area contributed by atoms with E-state index in [-0.39, 0.29) is 5.91 Å². The minimum Gasteiger partial charge on any atom is -0.354 e. The normalized spacial score (nSPS) is 15.3. The summed E-state index contributed by atoms with van der Waals surface area (Å²) in [7, 11) is 0. The number of nitrogens with zero attached hydrogens (tertiary/aromatic N) is 3. The standard InChI is InChI=1S/C19H24N4O/c1-2-19(24)21-17-8-9-18(20-14-17)23-12-10-22(11-13-23)15-16-6-4-3-5-7-16/h3-9,14H,2,10-13,15H2,1H3,(H,21,24). The van der Waals surface area contributed by atoms with E-state index in [1.165, 1.54) is 5.56 Å². The van der Waals surface area contributed by atoms with Crippen LogP contribution < -0.4 is 10.2 Å². The zero-order valence-electron chi connectivity index (χ0n) is 14.1. The molecule has 1 aromatic carbocycles. The van der Waals surface area contributed by atoms with Gasteiger partial charge in [0, 0.05) is 39.1 Å². The molecule has 5 nitrogen and oxygen atoms in total. The fraction of sp³-hybridized carbons (Fsp3) is 0.368. The summed E-state index contributed by atoms with van der Waals surface area (Å²) in [6.07, 6.45) is 2.21. The van der Waals surface area contributed by atoms with E-state index < -0.39 is 0 Å². The first-order valence-corrected chi connectivity index (χ1v) is 8.51. The van der Waals surface area contributed by atoms with Gasteiger partial charge in [-0.25, -0.2) is 4.98 Å². The average molecular weight is 324 g/mol. The molecule has 2 heterocycles. The lowest BCUT2D eigenvalue weighted by Gasteiger charge is -2.35. The summed E-state index contributed by atoms with van der Waals surface area (Å²) in [6.45, 7) is 6.85. The predicted octanol–water partition coefficient (Wildman–Crippen LogP) is 2.75. The first-order valence-electron chi connectivity index (χ1n) is 8.51. The van der Waals surface area contributed by atoms with E-state index in [0.717, 1.165) is 44.2 Å². The lowest BCUT2D eigenvalue weighted by Crippen LogP contribution is -2.46.